The van der Waals surface area contributed by atoms with E-state index >= 15 is 0 Å². The van der Waals surface area contributed by atoms with E-state index in [2.05, 4.69) is 4.98 Å². The molecule has 3 aromatic carbocycles. The number of aliphatic hydroxyl groups excluding tert-OH is 1. The number of amides is 1. The Bertz CT molecular complexity index is 1510. The largest absolute Gasteiger partial charge is 0.507 e. The van der Waals surface area contributed by atoms with Crippen molar-refractivity contribution in [3.63, 3.8) is 0 Å². The molecule has 35 heavy (non-hydrogen) atoms. The van der Waals surface area contributed by atoms with Gasteiger partial charge in [-0.15, -0.1) is 0 Å². The zero-order valence-corrected chi connectivity index (χ0v) is 18.9. The van der Waals surface area contributed by atoms with Crippen LogP contribution < -0.4 is 9.80 Å². The van der Waals surface area contributed by atoms with Crippen molar-refractivity contribution < 1.29 is 23.5 Å². The van der Waals surface area contributed by atoms with Crippen LogP contribution in [-0.2, 0) is 9.59 Å². The summed E-state index contributed by atoms with van der Waals surface area (Å²) in [6, 6.07) is 16.3. The molecular weight excluding hydrogens is 452 g/mol. The summed E-state index contributed by atoms with van der Waals surface area (Å²) in [4.78, 5) is 32.5. The Balaban J connectivity index is 1.74. The maximum atomic E-state index is 14.1. The summed E-state index contributed by atoms with van der Waals surface area (Å²) in [5.74, 6) is -4.44. The van der Waals surface area contributed by atoms with Gasteiger partial charge in [0, 0.05) is 54.2 Å². The second-order valence-electron chi connectivity index (χ2n) is 8.50. The molecule has 1 fully saturated rings. The average molecular weight is 473 g/mol. The smallest absolute Gasteiger partial charge is 0.300 e. The molecular formula is C27H21F2N3O3. The summed E-state index contributed by atoms with van der Waals surface area (Å²) >= 11 is 0. The number of Topliss-reactive ketones (excluding diaryl/α,β-unsaturated/α-hetero) is 1. The summed E-state index contributed by atoms with van der Waals surface area (Å²) < 4.78 is 27.7. The van der Waals surface area contributed by atoms with Gasteiger partial charge in [-0.1, -0.05) is 30.3 Å². The number of benzene rings is 3. The molecule has 1 atom stereocenters. The number of aliphatic hydroxyl groups is 1. The second-order valence-corrected chi connectivity index (χ2v) is 8.50. The first-order valence-corrected chi connectivity index (χ1v) is 10.9. The number of nitrogens with zero attached hydrogens (tertiary/aromatic N) is 2. The van der Waals surface area contributed by atoms with Gasteiger partial charge in [0.1, 0.15) is 5.76 Å². The third-order valence-electron chi connectivity index (χ3n) is 6.20. The molecule has 0 radical (unpaired) electrons. The number of rotatable bonds is 4. The van der Waals surface area contributed by atoms with Crippen molar-refractivity contribution in [1.29, 1.82) is 0 Å². The highest BCUT2D eigenvalue weighted by molar-refractivity contribution is 6.51. The number of anilines is 2. The zero-order chi connectivity index (χ0) is 24.9. The molecule has 1 aliphatic heterocycles. The number of aromatic nitrogens is 1. The number of carbonyl (C=O) groups excluding carboxylic acids is 2. The lowest BCUT2D eigenvalue weighted by atomic mass is 9.94. The van der Waals surface area contributed by atoms with Crippen molar-refractivity contribution in [3.8, 4) is 0 Å². The predicted molar refractivity (Wildman–Crippen MR) is 130 cm³/mol. The normalized spacial score (nSPS) is 17.4. The number of nitrogens with one attached hydrogen (secondary N) is 1. The van der Waals surface area contributed by atoms with Gasteiger partial charge in [0.05, 0.1) is 11.6 Å². The van der Waals surface area contributed by atoms with Gasteiger partial charge >= 0.3 is 0 Å². The summed E-state index contributed by atoms with van der Waals surface area (Å²) in [6.45, 7) is 0. The molecule has 1 saturated heterocycles. The Labute approximate surface area is 199 Å². The standard InChI is InChI=1S/C27H21F2N3O3/c1-31(2)16-9-7-15(8-10-16)24-23(25(33)19-14-30-22-6-4-3-5-18(19)22)26(34)27(35)32(24)17-11-12-20(28)21(29)13-17/h3-14,24,30,33H,1-2H3/b25-23-. The lowest BCUT2D eigenvalue weighted by Crippen LogP contribution is -2.29. The van der Waals surface area contributed by atoms with E-state index in [1.54, 1.807) is 30.5 Å². The number of fused-ring (bicyclic) bond motifs is 1. The van der Waals surface area contributed by atoms with Gasteiger partial charge in [0.2, 0.25) is 0 Å². The molecule has 0 saturated carbocycles. The average Bonchev–Trinajstić information content (AvgIpc) is 3.40. The summed E-state index contributed by atoms with van der Waals surface area (Å²) in [5, 5.41) is 12.0. The fourth-order valence-corrected chi connectivity index (χ4v) is 4.42. The number of hydrogen-bond acceptors (Lipinski definition) is 4. The molecule has 1 aromatic heterocycles. The molecule has 1 unspecified atom stereocenters. The minimum atomic E-state index is -1.15. The van der Waals surface area contributed by atoms with Crippen molar-refractivity contribution in [1.82, 2.24) is 4.98 Å². The molecule has 0 bridgehead atoms. The van der Waals surface area contributed by atoms with Crippen molar-refractivity contribution in [2.75, 3.05) is 23.9 Å². The van der Waals surface area contributed by atoms with E-state index in [-0.39, 0.29) is 17.0 Å². The topological polar surface area (TPSA) is 76.6 Å². The summed E-state index contributed by atoms with van der Waals surface area (Å²) in [6.07, 6.45) is 1.57. The lowest BCUT2D eigenvalue weighted by Gasteiger charge is -2.26. The molecule has 6 nitrogen and oxygen atoms in total. The molecule has 5 rings (SSSR count). The first-order chi connectivity index (χ1) is 16.8. The molecule has 2 N–H and O–H groups in total. The van der Waals surface area contributed by atoms with E-state index in [0.29, 0.717) is 16.5 Å². The minimum absolute atomic E-state index is 0.00524. The second kappa shape index (κ2) is 8.39. The van der Waals surface area contributed by atoms with Crippen LogP contribution in [0.1, 0.15) is 17.2 Å². The lowest BCUT2D eigenvalue weighted by molar-refractivity contribution is -0.132. The van der Waals surface area contributed by atoms with Crippen LogP contribution in [0.15, 0.2) is 78.5 Å². The molecule has 2 heterocycles. The van der Waals surface area contributed by atoms with Gasteiger partial charge in [-0.2, -0.15) is 0 Å². The Morgan fingerprint density at radius 2 is 1.69 bits per heavy atom. The van der Waals surface area contributed by atoms with Crippen molar-refractivity contribution >= 4 is 39.7 Å². The summed E-state index contributed by atoms with van der Waals surface area (Å²) in [5.41, 5.74) is 2.39. The highest BCUT2D eigenvalue weighted by Gasteiger charge is 2.47. The number of aromatic amines is 1. The van der Waals surface area contributed by atoms with Gasteiger partial charge in [-0.25, -0.2) is 8.78 Å². The number of para-hydroxylation sites is 1. The molecule has 8 heteroatoms. The van der Waals surface area contributed by atoms with E-state index in [0.717, 1.165) is 28.2 Å². The Kier molecular flexibility index (Phi) is 5.36. The third-order valence-corrected chi connectivity index (χ3v) is 6.20. The minimum Gasteiger partial charge on any atom is -0.507 e. The van der Waals surface area contributed by atoms with E-state index in [1.807, 2.05) is 43.3 Å². The van der Waals surface area contributed by atoms with Crippen LogP contribution in [0.25, 0.3) is 16.7 Å². The number of H-pyrrole nitrogens is 1. The van der Waals surface area contributed by atoms with Crippen LogP contribution in [0, 0.1) is 11.6 Å². The van der Waals surface area contributed by atoms with Gasteiger partial charge < -0.3 is 15.0 Å². The predicted octanol–water partition coefficient (Wildman–Crippen LogP) is 5.14. The zero-order valence-electron chi connectivity index (χ0n) is 18.9. The third kappa shape index (κ3) is 3.63. The molecule has 1 amide bonds. The SMILES string of the molecule is CN(C)c1ccc(C2/C(=C(/O)c3c[nH]c4ccccc34)C(=O)C(=O)N2c2ccc(F)c(F)c2)cc1. The van der Waals surface area contributed by atoms with Gasteiger partial charge in [-0.05, 0) is 35.9 Å². The molecule has 1 aliphatic rings. The van der Waals surface area contributed by atoms with Crippen LogP contribution in [0.3, 0.4) is 0 Å². The Morgan fingerprint density at radius 1 is 0.971 bits per heavy atom. The van der Waals surface area contributed by atoms with Crippen molar-refractivity contribution in [2.24, 2.45) is 0 Å². The molecule has 0 spiro atoms. The van der Waals surface area contributed by atoms with E-state index < -0.39 is 29.4 Å². The van der Waals surface area contributed by atoms with Crippen molar-refractivity contribution in [3.05, 3.63) is 101 Å². The van der Waals surface area contributed by atoms with Crippen LogP contribution >= 0.6 is 0 Å². The van der Waals surface area contributed by atoms with Gasteiger partial charge in [0.15, 0.2) is 11.6 Å². The molecule has 176 valence electrons. The number of ketones is 1. The molecule has 4 aromatic rings. The van der Waals surface area contributed by atoms with Crippen molar-refractivity contribution in [2.45, 2.75) is 6.04 Å². The maximum Gasteiger partial charge on any atom is 0.300 e. The number of hydrogen-bond donors (Lipinski definition) is 2. The Morgan fingerprint density at radius 3 is 2.37 bits per heavy atom. The van der Waals surface area contributed by atoms with E-state index in [4.69, 9.17) is 0 Å². The summed E-state index contributed by atoms with van der Waals surface area (Å²) in [7, 11) is 3.75. The first kappa shape index (κ1) is 22.3. The number of halogens is 2. The maximum absolute atomic E-state index is 14.1. The highest BCUT2D eigenvalue weighted by atomic mass is 19.2. The quantitative estimate of drug-likeness (QED) is 0.245. The van der Waals surface area contributed by atoms with Crippen LogP contribution in [-0.4, -0.2) is 35.9 Å². The number of carbonyl (C=O) groups is 2. The highest BCUT2D eigenvalue weighted by Crippen LogP contribution is 2.43. The monoisotopic (exact) mass is 473 g/mol. The van der Waals surface area contributed by atoms with Crippen LogP contribution in [0.5, 0.6) is 0 Å². The fourth-order valence-electron chi connectivity index (χ4n) is 4.42. The van der Waals surface area contributed by atoms with Gasteiger partial charge in [-0.3, -0.25) is 14.5 Å². The fraction of sp³-hybridized carbons (Fsp3) is 0.111. The van der Waals surface area contributed by atoms with Crippen LogP contribution in [0.2, 0.25) is 0 Å². The van der Waals surface area contributed by atoms with E-state index in [1.165, 1.54) is 6.07 Å². The Hall–Kier alpha value is -4.46. The van der Waals surface area contributed by atoms with Crippen LogP contribution in [0.4, 0.5) is 20.2 Å². The van der Waals surface area contributed by atoms with E-state index in [9.17, 15) is 23.5 Å². The van der Waals surface area contributed by atoms with Gasteiger partial charge in [0.25, 0.3) is 11.7 Å². The first-order valence-electron chi connectivity index (χ1n) is 10.9. The molecule has 0 aliphatic carbocycles.